The maximum atomic E-state index is 12.2. The fraction of sp³-hybridized carbons (Fsp3) is 0.167. The monoisotopic (exact) mass is 366 g/mol. The molecule has 0 aliphatic rings. The molecule has 0 radical (unpaired) electrons. The third-order valence-corrected chi connectivity index (χ3v) is 3.61. The molecule has 1 aromatic heterocycles. The molecule has 0 saturated carbocycles. The van der Waals surface area contributed by atoms with Gasteiger partial charge in [0.1, 0.15) is 22.8 Å². The van der Waals surface area contributed by atoms with E-state index in [1.165, 1.54) is 50.6 Å². The highest BCUT2D eigenvalue weighted by molar-refractivity contribution is 5.97. The summed E-state index contributed by atoms with van der Waals surface area (Å²) in [6.07, 6.45) is -4.75. The number of fused-ring (bicyclic) bond motifs is 1. The van der Waals surface area contributed by atoms with Gasteiger partial charge in [0.2, 0.25) is 0 Å². The fourth-order valence-corrected chi connectivity index (χ4v) is 2.47. The maximum absolute atomic E-state index is 12.2. The van der Waals surface area contributed by atoms with Crippen LogP contribution in [0.25, 0.3) is 22.3 Å². The maximum Gasteiger partial charge on any atom is 0.573 e. The van der Waals surface area contributed by atoms with Crippen LogP contribution in [0.15, 0.2) is 46.9 Å². The number of benzene rings is 2. The minimum atomic E-state index is -4.75. The first-order valence-corrected chi connectivity index (χ1v) is 7.37. The number of rotatable bonds is 4. The van der Waals surface area contributed by atoms with Gasteiger partial charge in [-0.05, 0) is 42.5 Å². The topological polar surface area (TPSA) is 57.9 Å². The predicted molar refractivity (Wildman–Crippen MR) is 86.2 cm³/mol. The second-order valence-electron chi connectivity index (χ2n) is 5.26. The Morgan fingerprint density at radius 2 is 1.73 bits per heavy atom. The van der Waals surface area contributed by atoms with Gasteiger partial charge in [-0.2, -0.15) is 0 Å². The van der Waals surface area contributed by atoms with Crippen LogP contribution in [0.4, 0.5) is 13.2 Å². The van der Waals surface area contributed by atoms with Gasteiger partial charge < -0.3 is 18.6 Å². The van der Waals surface area contributed by atoms with Gasteiger partial charge in [-0.1, -0.05) is 0 Å². The molecule has 0 aliphatic heterocycles. The SMILES string of the molecule is COC(=O)c1cc(OC)c2cc(-c3ccc(OC(F)(F)F)cc3)oc2c1. The van der Waals surface area contributed by atoms with Crippen molar-refractivity contribution in [1.82, 2.24) is 0 Å². The van der Waals surface area contributed by atoms with Gasteiger partial charge in [0.15, 0.2) is 0 Å². The van der Waals surface area contributed by atoms with E-state index in [9.17, 15) is 18.0 Å². The predicted octanol–water partition coefficient (Wildman–Crippen LogP) is 4.79. The van der Waals surface area contributed by atoms with E-state index in [0.717, 1.165) is 0 Å². The molecule has 0 saturated heterocycles. The van der Waals surface area contributed by atoms with Crippen LogP contribution in [0.1, 0.15) is 10.4 Å². The number of methoxy groups -OCH3 is 2. The highest BCUT2D eigenvalue weighted by atomic mass is 19.4. The zero-order valence-corrected chi connectivity index (χ0v) is 13.7. The second kappa shape index (κ2) is 6.62. The lowest BCUT2D eigenvalue weighted by Gasteiger charge is -2.08. The van der Waals surface area contributed by atoms with Gasteiger partial charge in [-0.3, -0.25) is 0 Å². The van der Waals surface area contributed by atoms with E-state index in [0.29, 0.717) is 28.0 Å². The van der Waals surface area contributed by atoms with E-state index in [-0.39, 0.29) is 11.3 Å². The summed E-state index contributed by atoms with van der Waals surface area (Å²) in [6.45, 7) is 0. The molecule has 5 nitrogen and oxygen atoms in total. The van der Waals surface area contributed by atoms with Crippen LogP contribution >= 0.6 is 0 Å². The Kier molecular flexibility index (Phi) is 4.50. The molecule has 8 heteroatoms. The average Bonchev–Trinajstić information content (AvgIpc) is 3.03. The van der Waals surface area contributed by atoms with Gasteiger partial charge in [0, 0.05) is 5.56 Å². The minimum absolute atomic E-state index is 0.256. The number of furan rings is 1. The molecular formula is C18H13F3O5. The Labute approximate surface area is 145 Å². The molecule has 0 bridgehead atoms. The molecule has 26 heavy (non-hydrogen) atoms. The summed E-state index contributed by atoms with van der Waals surface area (Å²) in [5.74, 6) is -0.0616. The van der Waals surface area contributed by atoms with Crippen molar-refractivity contribution in [2.75, 3.05) is 14.2 Å². The van der Waals surface area contributed by atoms with E-state index in [2.05, 4.69) is 9.47 Å². The fourth-order valence-electron chi connectivity index (χ4n) is 2.47. The summed E-state index contributed by atoms with van der Waals surface area (Å²) in [5, 5.41) is 0.616. The molecule has 136 valence electrons. The lowest BCUT2D eigenvalue weighted by atomic mass is 10.1. The molecular weight excluding hydrogens is 353 g/mol. The number of hydrogen-bond donors (Lipinski definition) is 0. The van der Waals surface area contributed by atoms with Crippen molar-refractivity contribution < 1.29 is 36.6 Å². The molecule has 0 amide bonds. The lowest BCUT2D eigenvalue weighted by molar-refractivity contribution is -0.274. The summed E-state index contributed by atoms with van der Waals surface area (Å²) in [6, 6.07) is 9.95. The third kappa shape index (κ3) is 3.58. The van der Waals surface area contributed by atoms with Crippen LogP contribution in [0.5, 0.6) is 11.5 Å². The molecule has 1 heterocycles. The summed E-state index contributed by atoms with van der Waals surface area (Å²) < 4.78 is 56.2. The summed E-state index contributed by atoms with van der Waals surface area (Å²) >= 11 is 0. The first-order valence-electron chi connectivity index (χ1n) is 7.37. The zero-order chi connectivity index (χ0) is 18.9. The van der Waals surface area contributed by atoms with Gasteiger partial charge in [-0.15, -0.1) is 13.2 Å². The van der Waals surface area contributed by atoms with Crippen LogP contribution in [-0.4, -0.2) is 26.6 Å². The quantitative estimate of drug-likeness (QED) is 0.621. The van der Waals surface area contributed by atoms with Crippen LogP contribution in [0.2, 0.25) is 0 Å². The molecule has 0 fully saturated rings. The average molecular weight is 366 g/mol. The standard InChI is InChI=1S/C18H13F3O5/c1-23-15-7-11(17(22)24-2)8-16-13(15)9-14(25-16)10-3-5-12(6-4-10)26-18(19,20)21/h3-9H,1-2H3. The Hall–Kier alpha value is -3.16. The Morgan fingerprint density at radius 1 is 1.04 bits per heavy atom. The van der Waals surface area contributed by atoms with Gasteiger partial charge in [-0.25, -0.2) is 4.79 Å². The van der Waals surface area contributed by atoms with E-state index in [1.54, 1.807) is 6.07 Å². The molecule has 0 spiro atoms. The normalized spacial score (nSPS) is 11.4. The first-order chi connectivity index (χ1) is 12.3. The number of halogens is 3. The van der Waals surface area contributed by atoms with Crippen molar-refractivity contribution in [2.45, 2.75) is 6.36 Å². The zero-order valence-electron chi connectivity index (χ0n) is 13.7. The number of carbonyl (C=O) groups excluding carboxylic acids is 1. The smallest absolute Gasteiger partial charge is 0.496 e. The largest absolute Gasteiger partial charge is 0.573 e. The van der Waals surface area contributed by atoms with E-state index in [4.69, 9.17) is 9.15 Å². The molecule has 0 atom stereocenters. The van der Waals surface area contributed by atoms with E-state index >= 15 is 0 Å². The van der Waals surface area contributed by atoms with Crippen molar-refractivity contribution in [3.8, 4) is 22.8 Å². The first kappa shape index (κ1) is 17.7. The van der Waals surface area contributed by atoms with Crippen molar-refractivity contribution in [1.29, 1.82) is 0 Å². The van der Waals surface area contributed by atoms with Gasteiger partial charge >= 0.3 is 12.3 Å². The van der Waals surface area contributed by atoms with Crippen molar-refractivity contribution in [3.05, 3.63) is 48.0 Å². The van der Waals surface area contributed by atoms with Crippen molar-refractivity contribution in [2.24, 2.45) is 0 Å². The molecule has 0 aliphatic carbocycles. The highest BCUT2D eigenvalue weighted by Crippen LogP contribution is 2.35. The van der Waals surface area contributed by atoms with Gasteiger partial charge in [0.05, 0.1) is 25.2 Å². The summed E-state index contributed by atoms with van der Waals surface area (Å²) in [7, 11) is 2.71. The van der Waals surface area contributed by atoms with Crippen LogP contribution in [0, 0.1) is 0 Å². The Bertz CT molecular complexity index is 942. The van der Waals surface area contributed by atoms with Crippen molar-refractivity contribution in [3.63, 3.8) is 0 Å². The third-order valence-electron chi connectivity index (χ3n) is 3.61. The Balaban J connectivity index is 1.99. The summed E-state index contributed by atoms with van der Waals surface area (Å²) in [4.78, 5) is 11.7. The molecule has 3 aromatic rings. The second-order valence-corrected chi connectivity index (χ2v) is 5.26. The lowest BCUT2D eigenvalue weighted by Crippen LogP contribution is -2.16. The van der Waals surface area contributed by atoms with Crippen LogP contribution < -0.4 is 9.47 Å². The van der Waals surface area contributed by atoms with E-state index in [1.807, 2.05) is 0 Å². The number of carbonyl (C=O) groups is 1. The van der Waals surface area contributed by atoms with E-state index < -0.39 is 12.3 Å². The van der Waals surface area contributed by atoms with Crippen molar-refractivity contribution >= 4 is 16.9 Å². The molecule has 0 N–H and O–H groups in total. The number of esters is 1. The molecule has 3 rings (SSSR count). The molecule has 2 aromatic carbocycles. The number of ether oxygens (including phenoxy) is 3. The van der Waals surface area contributed by atoms with Gasteiger partial charge in [0.25, 0.3) is 0 Å². The molecule has 0 unspecified atom stereocenters. The number of hydrogen-bond acceptors (Lipinski definition) is 5. The number of alkyl halides is 3. The minimum Gasteiger partial charge on any atom is -0.496 e. The highest BCUT2D eigenvalue weighted by Gasteiger charge is 2.31. The van der Waals surface area contributed by atoms with Crippen LogP contribution in [0.3, 0.4) is 0 Å². The van der Waals surface area contributed by atoms with Crippen LogP contribution in [-0.2, 0) is 4.74 Å². The summed E-state index contributed by atoms with van der Waals surface area (Å²) in [5.41, 5.74) is 1.18. The Morgan fingerprint density at radius 3 is 2.31 bits per heavy atom.